The first-order valence-electron chi connectivity index (χ1n) is 10.9. The van der Waals surface area contributed by atoms with Crippen molar-refractivity contribution in [2.45, 2.75) is 52.9 Å². The molecule has 0 saturated heterocycles. The van der Waals surface area contributed by atoms with Crippen LogP contribution in [-0.4, -0.2) is 38.0 Å². The topological polar surface area (TPSA) is 106 Å². The predicted octanol–water partition coefficient (Wildman–Crippen LogP) is 2.52. The zero-order chi connectivity index (χ0) is 23.9. The standard InChI is InChI=1S/2C12H19N3O.ClH/c2*1-9(2)15-12(16)11-6-4-10(5-7-11)8-14-13-3;/h2*4-7,9,13-14H,8H2,1-3H3,(H,15,16);1H. The molecule has 0 aliphatic heterocycles. The SMILES string of the molecule is CNNCc1ccc(C(=O)NC(C)C)cc1.CNNCc1ccc(C(=O)NC(C)C)cc1.Cl. The molecular weight excluding hydrogens is 440 g/mol. The molecule has 0 aromatic heterocycles. The molecular formula is C24H39ClN6O2. The lowest BCUT2D eigenvalue weighted by Crippen LogP contribution is -2.30. The second-order valence-corrected chi connectivity index (χ2v) is 7.86. The Morgan fingerprint density at radius 2 is 0.939 bits per heavy atom. The van der Waals surface area contributed by atoms with Gasteiger partial charge in [-0.15, -0.1) is 12.4 Å². The first-order chi connectivity index (χ1) is 15.3. The fourth-order valence-corrected chi connectivity index (χ4v) is 2.62. The maximum atomic E-state index is 11.6. The molecule has 0 saturated carbocycles. The van der Waals surface area contributed by atoms with Crippen molar-refractivity contribution in [3.05, 3.63) is 70.8 Å². The summed E-state index contributed by atoms with van der Waals surface area (Å²) < 4.78 is 0. The van der Waals surface area contributed by atoms with Crippen molar-refractivity contribution in [3.63, 3.8) is 0 Å². The maximum absolute atomic E-state index is 11.6. The monoisotopic (exact) mass is 478 g/mol. The number of carbonyl (C=O) groups is 2. The average molecular weight is 479 g/mol. The summed E-state index contributed by atoms with van der Waals surface area (Å²) in [6, 6.07) is 15.5. The van der Waals surface area contributed by atoms with Crippen LogP contribution in [0.5, 0.6) is 0 Å². The van der Waals surface area contributed by atoms with Gasteiger partial charge in [0.25, 0.3) is 11.8 Å². The van der Waals surface area contributed by atoms with Crippen LogP contribution < -0.4 is 32.3 Å². The summed E-state index contributed by atoms with van der Waals surface area (Å²) in [5.74, 6) is -0.0498. The Bertz CT molecular complexity index is 741. The highest BCUT2D eigenvalue weighted by Gasteiger charge is 2.07. The van der Waals surface area contributed by atoms with Crippen LogP contribution in [-0.2, 0) is 13.1 Å². The van der Waals surface area contributed by atoms with Crippen LogP contribution in [0.2, 0.25) is 0 Å². The van der Waals surface area contributed by atoms with Gasteiger partial charge in [-0.05, 0) is 77.2 Å². The van der Waals surface area contributed by atoms with Crippen LogP contribution in [0.3, 0.4) is 0 Å². The Kier molecular flexibility index (Phi) is 15.8. The molecule has 0 heterocycles. The lowest BCUT2D eigenvalue weighted by atomic mass is 10.1. The van der Waals surface area contributed by atoms with E-state index in [1.54, 1.807) is 0 Å². The van der Waals surface area contributed by atoms with Crippen LogP contribution in [0.15, 0.2) is 48.5 Å². The zero-order valence-corrected chi connectivity index (χ0v) is 21.2. The van der Waals surface area contributed by atoms with Crippen LogP contribution in [0.4, 0.5) is 0 Å². The number of carbonyl (C=O) groups excluding carboxylic acids is 2. The lowest BCUT2D eigenvalue weighted by molar-refractivity contribution is 0.0934. The third-order valence-electron chi connectivity index (χ3n) is 4.21. The minimum Gasteiger partial charge on any atom is -0.350 e. The molecule has 2 aromatic carbocycles. The highest BCUT2D eigenvalue weighted by atomic mass is 35.5. The van der Waals surface area contributed by atoms with E-state index < -0.39 is 0 Å². The molecule has 184 valence electrons. The van der Waals surface area contributed by atoms with Gasteiger partial charge < -0.3 is 10.6 Å². The van der Waals surface area contributed by atoms with E-state index in [4.69, 9.17) is 0 Å². The molecule has 0 aliphatic rings. The molecule has 0 radical (unpaired) electrons. The van der Waals surface area contributed by atoms with E-state index >= 15 is 0 Å². The van der Waals surface area contributed by atoms with Crippen LogP contribution in [0.1, 0.15) is 59.5 Å². The smallest absolute Gasteiger partial charge is 0.251 e. The van der Waals surface area contributed by atoms with Crippen LogP contribution >= 0.6 is 12.4 Å². The van der Waals surface area contributed by atoms with Crippen LogP contribution in [0.25, 0.3) is 0 Å². The van der Waals surface area contributed by atoms with E-state index in [9.17, 15) is 9.59 Å². The van der Waals surface area contributed by atoms with E-state index in [0.29, 0.717) is 11.1 Å². The van der Waals surface area contributed by atoms with E-state index in [1.807, 2.05) is 90.3 Å². The van der Waals surface area contributed by atoms with Gasteiger partial charge in [0.05, 0.1) is 0 Å². The Hall–Kier alpha value is -2.49. The van der Waals surface area contributed by atoms with E-state index in [-0.39, 0.29) is 36.3 Å². The van der Waals surface area contributed by atoms with Crippen molar-refractivity contribution in [3.8, 4) is 0 Å². The number of halogens is 1. The molecule has 2 aromatic rings. The van der Waals surface area contributed by atoms with Gasteiger partial charge in [-0.3, -0.25) is 31.3 Å². The average Bonchev–Trinajstić information content (AvgIpc) is 2.76. The lowest BCUT2D eigenvalue weighted by Gasteiger charge is -2.09. The minimum absolute atomic E-state index is 0. The molecule has 2 rings (SSSR count). The second-order valence-electron chi connectivity index (χ2n) is 7.86. The fourth-order valence-electron chi connectivity index (χ4n) is 2.62. The summed E-state index contributed by atoms with van der Waals surface area (Å²) in [6.07, 6.45) is 0. The van der Waals surface area contributed by atoms with Crippen molar-refractivity contribution in [2.24, 2.45) is 0 Å². The first-order valence-corrected chi connectivity index (χ1v) is 10.9. The first kappa shape index (κ1) is 30.5. The number of amides is 2. The summed E-state index contributed by atoms with van der Waals surface area (Å²) in [5.41, 5.74) is 15.4. The number of hydrazine groups is 2. The minimum atomic E-state index is -0.0249. The van der Waals surface area contributed by atoms with Gasteiger partial charge in [0.2, 0.25) is 0 Å². The number of hydrogen-bond acceptors (Lipinski definition) is 6. The van der Waals surface area contributed by atoms with Crippen molar-refractivity contribution in [1.82, 2.24) is 32.3 Å². The van der Waals surface area contributed by atoms with Gasteiger partial charge in [0.15, 0.2) is 0 Å². The normalized spacial score (nSPS) is 10.2. The number of rotatable bonds is 10. The summed E-state index contributed by atoms with van der Waals surface area (Å²) in [6.45, 7) is 9.27. The molecule has 0 unspecified atom stereocenters. The molecule has 0 fully saturated rings. The Morgan fingerprint density at radius 1 is 0.636 bits per heavy atom. The maximum Gasteiger partial charge on any atom is 0.251 e. The Morgan fingerprint density at radius 3 is 1.18 bits per heavy atom. The van der Waals surface area contributed by atoms with Gasteiger partial charge in [0, 0.05) is 36.3 Å². The second kappa shape index (κ2) is 17.0. The van der Waals surface area contributed by atoms with E-state index in [1.165, 1.54) is 0 Å². The highest BCUT2D eigenvalue weighted by Crippen LogP contribution is 2.05. The molecule has 6 N–H and O–H groups in total. The molecule has 33 heavy (non-hydrogen) atoms. The summed E-state index contributed by atoms with van der Waals surface area (Å²) in [5, 5.41) is 5.71. The zero-order valence-electron chi connectivity index (χ0n) is 20.4. The highest BCUT2D eigenvalue weighted by molar-refractivity contribution is 5.94. The number of nitrogens with one attached hydrogen (secondary N) is 6. The van der Waals surface area contributed by atoms with Crippen molar-refractivity contribution in [2.75, 3.05) is 14.1 Å². The van der Waals surface area contributed by atoms with Gasteiger partial charge >= 0.3 is 0 Å². The Balaban J connectivity index is 0.000000602. The van der Waals surface area contributed by atoms with Gasteiger partial charge in [-0.2, -0.15) is 0 Å². The van der Waals surface area contributed by atoms with Crippen LogP contribution in [0, 0.1) is 0 Å². The van der Waals surface area contributed by atoms with E-state index in [0.717, 1.165) is 24.2 Å². The molecule has 9 heteroatoms. The third kappa shape index (κ3) is 13.0. The Labute approximate surface area is 204 Å². The largest absolute Gasteiger partial charge is 0.350 e. The van der Waals surface area contributed by atoms with Crippen molar-refractivity contribution < 1.29 is 9.59 Å². The third-order valence-corrected chi connectivity index (χ3v) is 4.21. The molecule has 0 bridgehead atoms. The van der Waals surface area contributed by atoms with Gasteiger partial charge in [-0.1, -0.05) is 24.3 Å². The number of hydrogen-bond donors (Lipinski definition) is 6. The number of benzene rings is 2. The fraction of sp³-hybridized carbons (Fsp3) is 0.417. The quantitative estimate of drug-likeness (QED) is 0.293. The predicted molar refractivity (Wildman–Crippen MR) is 137 cm³/mol. The molecule has 2 amide bonds. The summed E-state index contributed by atoms with van der Waals surface area (Å²) in [7, 11) is 3.65. The summed E-state index contributed by atoms with van der Waals surface area (Å²) >= 11 is 0. The molecule has 0 aliphatic carbocycles. The molecule has 8 nitrogen and oxygen atoms in total. The van der Waals surface area contributed by atoms with Gasteiger partial charge in [0.1, 0.15) is 0 Å². The van der Waals surface area contributed by atoms with Gasteiger partial charge in [-0.25, -0.2) is 0 Å². The van der Waals surface area contributed by atoms with Crippen molar-refractivity contribution >= 4 is 24.2 Å². The molecule has 0 atom stereocenters. The van der Waals surface area contributed by atoms with E-state index in [2.05, 4.69) is 32.3 Å². The van der Waals surface area contributed by atoms with Crippen molar-refractivity contribution in [1.29, 1.82) is 0 Å². The molecule has 0 spiro atoms. The summed E-state index contributed by atoms with van der Waals surface area (Å²) in [4.78, 5) is 23.3.